The molecule has 2 rings (SSSR count). The molecule has 1 aromatic heterocycles. The van der Waals surface area contributed by atoms with Gasteiger partial charge in [0.15, 0.2) is 12.0 Å². The van der Waals surface area contributed by atoms with Crippen LogP contribution in [0.5, 0.6) is 0 Å². The number of carbonyl (C=O) groups excluding carboxylic acids is 1. The molecule has 0 saturated carbocycles. The number of aldehydes is 1. The van der Waals surface area contributed by atoms with E-state index in [0.717, 1.165) is 11.3 Å². The Hall–Kier alpha value is -2.11. The summed E-state index contributed by atoms with van der Waals surface area (Å²) in [6.45, 7) is 0.997. The van der Waals surface area contributed by atoms with E-state index in [4.69, 9.17) is 14.6 Å². The zero-order chi connectivity index (χ0) is 14.4. The number of nitrogens with zero attached hydrogens (tertiary/aromatic N) is 1. The molecule has 2 N–H and O–H groups in total. The highest BCUT2D eigenvalue weighted by atomic mass is 16.3. The van der Waals surface area contributed by atoms with Crippen LogP contribution in [0.15, 0.2) is 40.8 Å². The van der Waals surface area contributed by atoms with Gasteiger partial charge in [-0.1, -0.05) is 0 Å². The second kappa shape index (κ2) is 6.88. The van der Waals surface area contributed by atoms with Gasteiger partial charge in [0.05, 0.1) is 13.2 Å². The van der Waals surface area contributed by atoms with Gasteiger partial charge in [-0.3, -0.25) is 4.79 Å². The molecule has 1 aromatic carbocycles. The lowest BCUT2D eigenvalue weighted by Crippen LogP contribution is -2.29. The number of carbonyl (C=O) groups is 1. The van der Waals surface area contributed by atoms with E-state index < -0.39 is 0 Å². The number of aliphatic hydroxyl groups excluding tert-OH is 2. The Morgan fingerprint density at radius 1 is 1.00 bits per heavy atom. The molecule has 106 valence electrons. The highest BCUT2D eigenvalue weighted by molar-refractivity contribution is 5.73. The molecule has 0 aliphatic heterocycles. The largest absolute Gasteiger partial charge is 0.453 e. The van der Waals surface area contributed by atoms with Crippen LogP contribution in [0, 0.1) is 0 Å². The lowest BCUT2D eigenvalue weighted by Gasteiger charge is -2.22. The normalized spacial score (nSPS) is 10.5. The maximum Gasteiger partial charge on any atom is 0.185 e. The van der Waals surface area contributed by atoms with Gasteiger partial charge in [-0.2, -0.15) is 0 Å². The zero-order valence-electron chi connectivity index (χ0n) is 11.0. The van der Waals surface area contributed by atoms with E-state index in [2.05, 4.69) is 0 Å². The average Bonchev–Trinajstić information content (AvgIpc) is 2.96. The molecule has 0 amide bonds. The third-order valence-electron chi connectivity index (χ3n) is 3.00. The monoisotopic (exact) mass is 275 g/mol. The van der Waals surface area contributed by atoms with E-state index >= 15 is 0 Å². The lowest BCUT2D eigenvalue weighted by atomic mass is 10.1. The van der Waals surface area contributed by atoms with Crippen LogP contribution in [0.4, 0.5) is 5.69 Å². The number of rotatable bonds is 7. The SMILES string of the molecule is O=Cc1ccc(-c2ccc(N(CCO)CCO)cc2)o1. The lowest BCUT2D eigenvalue weighted by molar-refractivity contribution is 0.110. The highest BCUT2D eigenvalue weighted by Gasteiger charge is 2.07. The smallest absolute Gasteiger partial charge is 0.185 e. The van der Waals surface area contributed by atoms with Crippen LogP contribution < -0.4 is 4.90 Å². The Kier molecular flexibility index (Phi) is 4.92. The van der Waals surface area contributed by atoms with Gasteiger partial charge < -0.3 is 19.5 Å². The van der Waals surface area contributed by atoms with Crippen LogP contribution in [0.1, 0.15) is 10.6 Å². The zero-order valence-corrected chi connectivity index (χ0v) is 11.0. The molecule has 0 saturated heterocycles. The van der Waals surface area contributed by atoms with Crippen LogP contribution in [0.25, 0.3) is 11.3 Å². The molecule has 0 aliphatic carbocycles. The third kappa shape index (κ3) is 3.26. The molecule has 0 atom stereocenters. The summed E-state index contributed by atoms with van der Waals surface area (Å²) in [5.41, 5.74) is 1.79. The maximum atomic E-state index is 10.6. The van der Waals surface area contributed by atoms with Crippen molar-refractivity contribution in [2.75, 3.05) is 31.2 Å². The van der Waals surface area contributed by atoms with Gasteiger partial charge in [0.25, 0.3) is 0 Å². The van der Waals surface area contributed by atoms with E-state index in [1.807, 2.05) is 29.2 Å². The van der Waals surface area contributed by atoms with Gasteiger partial charge >= 0.3 is 0 Å². The topological polar surface area (TPSA) is 73.9 Å². The van der Waals surface area contributed by atoms with Gasteiger partial charge in [0, 0.05) is 24.3 Å². The number of hydrogen-bond donors (Lipinski definition) is 2. The Balaban J connectivity index is 2.17. The summed E-state index contributed by atoms with van der Waals surface area (Å²) in [5, 5.41) is 18.0. The van der Waals surface area contributed by atoms with Crippen molar-refractivity contribution in [1.29, 1.82) is 0 Å². The van der Waals surface area contributed by atoms with E-state index in [-0.39, 0.29) is 13.2 Å². The summed E-state index contributed by atoms with van der Waals surface area (Å²) in [7, 11) is 0. The summed E-state index contributed by atoms with van der Waals surface area (Å²) in [6.07, 6.45) is 0.669. The minimum atomic E-state index is 0.0304. The molecule has 1 heterocycles. The standard InChI is InChI=1S/C15H17NO4/c17-9-7-16(8-10-18)13-3-1-12(2-4-13)15-6-5-14(11-19)20-15/h1-6,11,17-18H,7-10H2. The molecule has 0 aliphatic rings. The minimum absolute atomic E-state index is 0.0304. The molecule has 20 heavy (non-hydrogen) atoms. The number of furan rings is 1. The van der Waals surface area contributed by atoms with Gasteiger partial charge in [-0.15, -0.1) is 0 Å². The van der Waals surface area contributed by atoms with Gasteiger partial charge in [0.1, 0.15) is 5.76 Å². The Labute approximate surface area is 117 Å². The van der Waals surface area contributed by atoms with Crippen LogP contribution >= 0.6 is 0 Å². The second-order valence-corrected chi connectivity index (χ2v) is 4.30. The maximum absolute atomic E-state index is 10.6. The molecule has 2 aromatic rings. The van der Waals surface area contributed by atoms with Crippen molar-refractivity contribution in [3.8, 4) is 11.3 Å². The first-order valence-electron chi connectivity index (χ1n) is 6.40. The van der Waals surface area contributed by atoms with Crippen molar-refractivity contribution < 1.29 is 19.4 Å². The first-order valence-corrected chi connectivity index (χ1v) is 6.40. The second-order valence-electron chi connectivity index (χ2n) is 4.30. The van der Waals surface area contributed by atoms with Crippen LogP contribution in [0.2, 0.25) is 0 Å². The van der Waals surface area contributed by atoms with Crippen molar-refractivity contribution in [1.82, 2.24) is 0 Å². The van der Waals surface area contributed by atoms with E-state index in [9.17, 15) is 4.79 Å². The molecule has 0 bridgehead atoms. The van der Waals surface area contributed by atoms with E-state index in [1.165, 1.54) is 0 Å². The minimum Gasteiger partial charge on any atom is -0.453 e. The van der Waals surface area contributed by atoms with Crippen molar-refractivity contribution >= 4 is 12.0 Å². The van der Waals surface area contributed by atoms with E-state index in [1.54, 1.807) is 12.1 Å². The first-order chi connectivity index (χ1) is 9.78. The van der Waals surface area contributed by atoms with Gasteiger partial charge in [-0.05, 0) is 36.4 Å². The fourth-order valence-electron chi connectivity index (χ4n) is 2.02. The summed E-state index contributed by atoms with van der Waals surface area (Å²) in [4.78, 5) is 12.5. The van der Waals surface area contributed by atoms with Crippen molar-refractivity contribution in [3.63, 3.8) is 0 Å². The van der Waals surface area contributed by atoms with Crippen molar-refractivity contribution in [2.24, 2.45) is 0 Å². The Morgan fingerprint density at radius 2 is 1.65 bits per heavy atom. The third-order valence-corrected chi connectivity index (χ3v) is 3.00. The molecule has 0 spiro atoms. The molecular formula is C15H17NO4. The summed E-state index contributed by atoms with van der Waals surface area (Å²) >= 11 is 0. The molecule has 0 fully saturated rings. The van der Waals surface area contributed by atoms with Gasteiger partial charge in [-0.25, -0.2) is 0 Å². The number of anilines is 1. The number of hydrogen-bond acceptors (Lipinski definition) is 5. The molecular weight excluding hydrogens is 258 g/mol. The van der Waals surface area contributed by atoms with E-state index in [0.29, 0.717) is 30.9 Å². The summed E-state index contributed by atoms with van der Waals surface area (Å²) in [5.74, 6) is 0.931. The van der Waals surface area contributed by atoms with Crippen LogP contribution in [-0.4, -0.2) is 42.8 Å². The Morgan fingerprint density at radius 3 is 2.15 bits per heavy atom. The molecule has 0 radical (unpaired) electrons. The predicted octanol–water partition coefficient (Wildman–Crippen LogP) is 1.55. The molecule has 5 heteroatoms. The number of aliphatic hydroxyl groups is 2. The fourth-order valence-corrected chi connectivity index (χ4v) is 2.02. The quantitative estimate of drug-likeness (QED) is 0.750. The fraction of sp³-hybridized carbons (Fsp3) is 0.267. The predicted molar refractivity (Wildman–Crippen MR) is 75.9 cm³/mol. The summed E-state index contributed by atoms with van der Waals surface area (Å²) in [6, 6.07) is 10.9. The van der Waals surface area contributed by atoms with Crippen molar-refractivity contribution in [2.45, 2.75) is 0 Å². The molecule has 0 unspecified atom stereocenters. The Bertz CT molecular complexity index is 541. The number of benzene rings is 1. The van der Waals surface area contributed by atoms with Gasteiger partial charge in [0.2, 0.25) is 0 Å². The summed E-state index contributed by atoms with van der Waals surface area (Å²) < 4.78 is 5.35. The van der Waals surface area contributed by atoms with Crippen LogP contribution in [0.3, 0.4) is 0 Å². The van der Waals surface area contributed by atoms with Crippen molar-refractivity contribution in [3.05, 3.63) is 42.2 Å². The molecule has 5 nitrogen and oxygen atoms in total. The highest BCUT2D eigenvalue weighted by Crippen LogP contribution is 2.24. The first kappa shape index (κ1) is 14.3. The van der Waals surface area contributed by atoms with Crippen LogP contribution in [-0.2, 0) is 0 Å². The average molecular weight is 275 g/mol.